The fourth-order valence-electron chi connectivity index (χ4n) is 4.39. The van der Waals surface area contributed by atoms with Crippen LogP contribution < -0.4 is 14.4 Å². The highest BCUT2D eigenvalue weighted by molar-refractivity contribution is 6.52. The normalized spacial score (nSPS) is 17.2. The van der Waals surface area contributed by atoms with E-state index in [-0.39, 0.29) is 38.4 Å². The predicted molar refractivity (Wildman–Crippen MR) is 137 cm³/mol. The van der Waals surface area contributed by atoms with Gasteiger partial charge in [0.25, 0.3) is 11.7 Å². The van der Waals surface area contributed by atoms with E-state index >= 15 is 0 Å². The third-order valence-electron chi connectivity index (χ3n) is 6.19. The number of hydrogen-bond acceptors (Lipinski definition) is 5. The lowest BCUT2D eigenvalue weighted by atomic mass is 9.92. The molecule has 0 radical (unpaired) electrons. The van der Waals surface area contributed by atoms with Crippen LogP contribution in [0.3, 0.4) is 0 Å². The molecule has 1 unspecified atom stereocenters. The van der Waals surface area contributed by atoms with Gasteiger partial charge >= 0.3 is 6.18 Å². The molecule has 4 rings (SSSR count). The van der Waals surface area contributed by atoms with Crippen LogP contribution in [0, 0.1) is 6.92 Å². The molecule has 11 heteroatoms. The number of benzene rings is 3. The zero-order valence-corrected chi connectivity index (χ0v) is 21.7. The molecule has 38 heavy (non-hydrogen) atoms. The fourth-order valence-corrected chi connectivity index (χ4v) is 5.08. The average Bonchev–Trinajstić information content (AvgIpc) is 3.13. The lowest BCUT2D eigenvalue weighted by Crippen LogP contribution is -2.29. The van der Waals surface area contributed by atoms with Crippen molar-refractivity contribution in [1.29, 1.82) is 0 Å². The van der Waals surface area contributed by atoms with E-state index in [2.05, 4.69) is 0 Å². The van der Waals surface area contributed by atoms with Crippen LogP contribution in [-0.4, -0.2) is 31.0 Å². The number of anilines is 1. The van der Waals surface area contributed by atoms with Crippen LogP contribution in [0.15, 0.2) is 60.2 Å². The van der Waals surface area contributed by atoms with Crippen molar-refractivity contribution in [3.05, 3.63) is 92.5 Å². The lowest BCUT2D eigenvalue weighted by molar-refractivity contribution is -0.137. The van der Waals surface area contributed by atoms with Crippen molar-refractivity contribution in [3.8, 4) is 11.5 Å². The molecule has 1 saturated heterocycles. The number of Topliss-reactive ketones (excluding diaryl/α,β-unsaturated/α-hetero) is 1. The molecule has 1 amide bonds. The maximum atomic E-state index is 13.4. The first-order valence-corrected chi connectivity index (χ1v) is 11.8. The molecule has 1 aliphatic rings. The van der Waals surface area contributed by atoms with E-state index in [1.165, 1.54) is 20.3 Å². The standard InChI is InChI=1S/C27H20Cl2F3NO5/c1-13-6-4-5-7-16(13)21-19(22(34)17-12-18(28)25(38-3)20(29)24(17)37-2)23(35)26(36)33(21)15-10-8-14(9-11-15)27(30,31)32/h4-12,21,34H,1-3H3/b22-19+. The van der Waals surface area contributed by atoms with E-state index in [9.17, 15) is 27.9 Å². The van der Waals surface area contributed by atoms with Gasteiger partial charge in [-0.15, -0.1) is 0 Å². The molecule has 1 atom stereocenters. The van der Waals surface area contributed by atoms with E-state index in [0.29, 0.717) is 11.1 Å². The summed E-state index contributed by atoms with van der Waals surface area (Å²) < 4.78 is 50.0. The van der Waals surface area contributed by atoms with Gasteiger partial charge in [-0.1, -0.05) is 47.5 Å². The van der Waals surface area contributed by atoms with Crippen LogP contribution in [0.25, 0.3) is 5.76 Å². The van der Waals surface area contributed by atoms with Crippen molar-refractivity contribution in [3.63, 3.8) is 0 Å². The highest BCUT2D eigenvalue weighted by Crippen LogP contribution is 2.48. The zero-order valence-electron chi connectivity index (χ0n) is 20.2. The van der Waals surface area contributed by atoms with Crippen molar-refractivity contribution in [1.82, 2.24) is 0 Å². The Labute approximate surface area is 225 Å². The van der Waals surface area contributed by atoms with E-state index in [0.717, 1.165) is 29.2 Å². The molecule has 0 spiro atoms. The van der Waals surface area contributed by atoms with Crippen molar-refractivity contribution < 1.29 is 37.3 Å². The summed E-state index contributed by atoms with van der Waals surface area (Å²) in [5.74, 6) is -2.71. The highest BCUT2D eigenvalue weighted by atomic mass is 35.5. The molecular formula is C27H20Cl2F3NO5. The number of ether oxygens (including phenoxy) is 2. The van der Waals surface area contributed by atoms with Gasteiger partial charge in [-0.3, -0.25) is 14.5 Å². The zero-order chi connectivity index (χ0) is 27.9. The quantitative estimate of drug-likeness (QED) is 0.205. The minimum absolute atomic E-state index is 0.00394. The Bertz CT molecular complexity index is 1470. The monoisotopic (exact) mass is 565 g/mol. The molecule has 1 aliphatic heterocycles. The molecule has 198 valence electrons. The van der Waals surface area contributed by atoms with Gasteiger partial charge in [0.1, 0.15) is 10.8 Å². The second-order valence-corrected chi connectivity index (χ2v) is 9.14. The number of ketones is 1. The Kier molecular flexibility index (Phi) is 7.36. The molecule has 0 bridgehead atoms. The minimum atomic E-state index is -4.59. The third-order valence-corrected chi connectivity index (χ3v) is 6.82. The number of carbonyl (C=O) groups excluding carboxylic acids is 2. The Morgan fingerprint density at radius 3 is 2.13 bits per heavy atom. The Morgan fingerprint density at radius 2 is 1.58 bits per heavy atom. The topological polar surface area (TPSA) is 76.1 Å². The SMILES string of the molecule is COc1c(Cl)cc(/C(O)=C2\C(=O)C(=O)N(c3ccc(C(F)(F)F)cc3)C2c2ccccc2C)c(OC)c1Cl. The molecule has 3 aromatic rings. The molecule has 1 fully saturated rings. The number of methoxy groups -OCH3 is 2. The number of halogens is 5. The van der Waals surface area contributed by atoms with Gasteiger partial charge in [0.15, 0.2) is 11.5 Å². The largest absolute Gasteiger partial charge is 0.507 e. The van der Waals surface area contributed by atoms with Gasteiger partial charge < -0.3 is 14.6 Å². The summed E-state index contributed by atoms with van der Waals surface area (Å²) in [6.45, 7) is 1.74. The summed E-state index contributed by atoms with van der Waals surface area (Å²) in [7, 11) is 2.62. The van der Waals surface area contributed by atoms with Gasteiger partial charge in [-0.2, -0.15) is 13.2 Å². The van der Waals surface area contributed by atoms with Crippen LogP contribution in [-0.2, 0) is 15.8 Å². The Hall–Kier alpha value is -3.69. The van der Waals surface area contributed by atoms with Crippen molar-refractivity contribution >= 4 is 46.3 Å². The van der Waals surface area contributed by atoms with E-state index in [1.807, 2.05) is 0 Å². The number of alkyl halides is 3. The first kappa shape index (κ1) is 27.3. The van der Waals surface area contributed by atoms with Gasteiger partial charge in [-0.25, -0.2) is 0 Å². The number of amides is 1. The summed E-state index contributed by atoms with van der Waals surface area (Å²) in [5, 5.41) is 11.4. The average molecular weight is 566 g/mol. The summed E-state index contributed by atoms with van der Waals surface area (Å²) in [6, 6.07) is 10.7. The van der Waals surface area contributed by atoms with Crippen molar-refractivity contribution in [2.75, 3.05) is 19.1 Å². The molecule has 1 N–H and O–H groups in total. The summed E-state index contributed by atoms with van der Waals surface area (Å²) in [4.78, 5) is 27.8. The van der Waals surface area contributed by atoms with Crippen LogP contribution in [0.5, 0.6) is 11.5 Å². The fraction of sp³-hybridized carbons (Fsp3) is 0.185. The van der Waals surface area contributed by atoms with E-state index in [4.69, 9.17) is 32.7 Å². The molecule has 0 aromatic heterocycles. The number of hydrogen-bond donors (Lipinski definition) is 1. The number of nitrogens with zero attached hydrogens (tertiary/aromatic N) is 1. The summed E-state index contributed by atoms with van der Waals surface area (Å²) in [6.07, 6.45) is -4.59. The first-order valence-electron chi connectivity index (χ1n) is 11.1. The van der Waals surface area contributed by atoms with Crippen molar-refractivity contribution in [2.24, 2.45) is 0 Å². The molecule has 1 heterocycles. The maximum Gasteiger partial charge on any atom is 0.416 e. The van der Waals surface area contributed by atoms with E-state index in [1.54, 1.807) is 31.2 Å². The molecule has 3 aromatic carbocycles. The van der Waals surface area contributed by atoms with Gasteiger partial charge in [0, 0.05) is 5.69 Å². The number of rotatable bonds is 5. The van der Waals surface area contributed by atoms with Crippen LogP contribution in [0.4, 0.5) is 18.9 Å². The number of aliphatic hydroxyl groups is 1. The molecule has 0 aliphatic carbocycles. The molecule has 0 saturated carbocycles. The maximum absolute atomic E-state index is 13.4. The summed E-state index contributed by atoms with van der Waals surface area (Å²) >= 11 is 12.6. The van der Waals surface area contributed by atoms with Crippen LogP contribution >= 0.6 is 23.2 Å². The highest BCUT2D eigenvalue weighted by Gasteiger charge is 2.48. The molecule has 6 nitrogen and oxygen atoms in total. The second kappa shape index (κ2) is 10.2. The van der Waals surface area contributed by atoms with Crippen LogP contribution in [0.1, 0.15) is 28.3 Å². The predicted octanol–water partition coefficient (Wildman–Crippen LogP) is 6.96. The number of carbonyl (C=O) groups is 2. The lowest BCUT2D eigenvalue weighted by Gasteiger charge is -2.27. The van der Waals surface area contributed by atoms with E-state index < -0.39 is 35.2 Å². The third kappa shape index (κ3) is 4.56. The van der Waals surface area contributed by atoms with Crippen molar-refractivity contribution in [2.45, 2.75) is 19.1 Å². The number of aryl methyl sites for hydroxylation is 1. The Morgan fingerprint density at radius 1 is 0.974 bits per heavy atom. The van der Waals surface area contributed by atoms with Crippen LogP contribution in [0.2, 0.25) is 10.0 Å². The smallest absolute Gasteiger partial charge is 0.416 e. The molecular weight excluding hydrogens is 546 g/mol. The number of aliphatic hydroxyl groups excluding tert-OH is 1. The minimum Gasteiger partial charge on any atom is -0.507 e. The van der Waals surface area contributed by atoms with Gasteiger partial charge in [-0.05, 0) is 48.4 Å². The van der Waals surface area contributed by atoms with Gasteiger partial charge in [0.05, 0.1) is 42.0 Å². The Balaban J connectivity index is 2.00. The second-order valence-electron chi connectivity index (χ2n) is 8.36. The summed E-state index contributed by atoms with van der Waals surface area (Å²) in [5.41, 5.74) is -0.146. The van der Waals surface area contributed by atoms with Gasteiger partial charge in [0.2, 0.25) is 0 Å². The first-order chi connectivity index (χ1) is 17.9.